The Balaban J connectivity index is 1.22. The molecule has 45 heavy (non-hydrogen) atoms. The third-order valence-electron chi connectivity index (χ3n) is 8.24. The lowest BCUT2D eigenvalue weighted by atomic mass is 9.83. The van der Waals surface area contributed by atoms with Gasteiger partial charge in [-0.05, 0) is 54.7 Å². The van der Waals surface area contributed by atoms with E-state index in [0.717, 1.165) is 43.3 Å². The van der Waals surface area contributed by atoms with Crippen molar-refractivity contribution in [3.8, 4) is 0 Å². The van der Waals surface area contributed by atoms with Gasteiger partial charge in [-0.3, -0.25) is 23.9 Å². The number of anilines is 1. The van der Waals surface area contributed by atoms with Crippen molar-refractivity contribution < 1.29 is 19.2 Å². The van der Waals surface area contributed by atoms with Crippen LogP contribution >= 0.6 is 0 Å². The van der Waals surface area contributed by atoms with Crippen LogP contribution in [0.1, 0.15) is 67.2 Å². The van der Waals surface area contributed by atoms with Crippen molar-refractivity contribution in [1.29, 1.82) is 0 Å². The number of rotatable bonds is 12. The standard InChI is InChI=1S/C33H40N8O4/c1-3-29(42)38-26(31(43)34-20-25-21-41-18-8-7-11-28(41)36-25)19-22-12-14-24(15-13-22)37-33(45)30(23-9-5-4-6-10-23)39-32(44)27-16-17-35-40(27)2/h7-8,11-18,21,23,26,30H,3-6,9-10,19-20H2,1-2H3,(H,34,43)(H,37,45)(H,38,42)(H,39,44)/t26-,30+/m1/s1. The molecular formula is C33H40N8O4. The van der Waals surface area contributed by atoms with Crippen molar-refractivity contribution in [1.82, 2.24) is 35.1 Å². The fourth-order valence-electron chi connectivity index (χ4n) is 5.74. The van der Waals surface area contributed by atoms with E-state index < -0.39 is 12.1 Å². The first-order valence-electron chi connectivity index (χ1n) is 15.5. The molecule has 5 rings (SSSR count). The smallest absolute Gasteiger partial charge is 0.270 e. The zero-order valence-corrected chi connectivity index (χ0v) is 25.7. The van der Waals surface area contributed by atoms with Gasteiger partial charge in [0.15, 0.2) is 0 Å². The molecule has 4 N–H and O–H groups in total. The van der Waals surface area contributed by atoms with Crippen LogP contribution in [0, 0.1) is 5.92 Å². The number of imidazole rings is 1. The number of pyridine rings is 1. The summed E-state index contributed by atoms with van der Waals surface area (Å²) < 4.78 is 3.37. The van der Waals surface area contributed by atoms with Crippen LogP contribution in [0.3, 0.4) is 0 Å². The number of fused-ring (bicyclic) bond motifs is 1. The van der Waals surface area contributed by atoms with Crippen molar-refractivity contribution >= 4 is 35.0 Å². The van der Waals surface area contributed by atoms with Gasteiger partial charge in [-0.2, -0.15) is 5.10 Å². The Kier molecular flexibility index (Phi) is 10.2. The summed E-state index contributed by atoms with van der Waals surface area (Å²) in [6, 6.07) is 13.0. The molecule has 1 aromatic carbocycles. The summed E-state index contributed by atoms with van der Waals surface area (Å²) in [5.41, 5.74) is 3.26. The predicted molar refractivity (Wildman–Crippen MR) is 169 cm³/mol. The molecule has 12 heteroatoms. The van der Waals surface area contributed by atoms with Gasteiger partial charge in [0.05, 0.1) is 12.2 Å². The van der Waals surface area contributed by atoms with Crippen molar-refractivity contribution in [2.75, 3.05) is 5.32 Å². The molecule has 1 aliphatic carbocycles. The second-order valence-corrected chi connectivity index (χ2v) is 11.5. The van der Waals surface area contributed by atoms with E-state index in [4.69, 9.17) is 0 Å². The molecule has 0 radical (unpaired) electrons. The van der Waals surface area contributed by atoms with E-state index in [-0.39, 0.29) is 48.9 Å². The Labute approximate surface area is 262 Å². The van der Waals surface area contributed by atoms with Crippen LogP contribution < -0.4 is 21.3 Å². The fourth-order valence-corrected chi connectivity index (χ4v) is 5.74. The quantitative estimate of drug-likeness (QED) is 0.193. The van der Waals surface area contributed by atoms with Crippen molar-refractivity contribution in [2.45, 2.75) is 70.5 Å². The summed E-state index contributed by atoms with van der Waals surface area (Å²) >= 11 is 0. The second-order valence-electron chi connectivity index (χ2n) is 11.5. The van der Waals surface area contributed by atoms with Gasteiger partial charge in [-0.1, -0.05) is 44.4 Å². The first-order valence-corrected chi connectivity index (χ1v) is 15.5. The number of hydrogen-bond acceptors (Lipinski definition) is 6. The van der Waals surface area contributed by atoms with Crippen LogP contribution in [0.5, 0.6) is 0 Å². The van der Waals surface area contributed by atoms with Crippen molar-refractivity contribution in [2.24, 2.45) is 13.0 Å². The van der Waals surface area contributed by atoms with Crippen LogP contribution in [0.25, 0.3) is 5.65 Å². The SMILES string of the molecule is CCC(=O)N[C@H](Cc1ccc(NC(=O)[C@@H](NC(=O)c2ccnn2C)C2CCCCC2)cc1)C(=O)NCc1cn2ccccc2n1. The monoisotopic (exact) mass is 612 g/mol. The van der Waals surface area contributed by atoms with Crippen LogP contribution in [0.4, 0.5) is 5.69 Å². The lowest BCUT2D eigenvalue weighted by molar-refractivity contribution is -0.128. The molecule has 1 fully saturated rings. The van der Waals surface area contributed by atoms with E-state index in [9.17, 15) is 19.2 Å². The summed E-state index contributed by atoms with van der Waals surface area (Å²) in [4.78, 5) is 56.4. The average Bonchev–Trinajstić information content (AvgIpc) is 3.68. The van der Waals surface area contributed by atoms with Gasteiger partial charge in [-0.15, -0.1) is 0 Å². The van der Waals surface area contributed by atoms with Crippen molar-refractivity contribution in [3.63, 3.8) is 0 Å². The summed E-state index contributed by atoms with van der Waals surface area (Å²) in [6.45, 7) is 1.96. The molecule has 1 aliphatic rings. The second kappa shape index (κ2) is 14.7. The summed E-state index contributed by atoms with van der Waals surface area (Å²) in [7, 11) is 1.69. The zero-order chi connectivity index (χ0) is 31.8. The number of benzene rings is 1. The number of nitrogens with one attached hydrogen (secondary N) is 4. The van der Waals surface area contributed by atoms with Gasteiger partial charge in [0, 0.05) is 44.2 Å². The molecule has 2 atom stereocenters. The Morgan fingerprint density at radius 1 is 0.956 bits per heavy atom. The highest BCUT2D eigenvalue weighted by Crippen LogP contribution is 2.27. The number of hydrogen-bond donors (Lipinski definition) is 4. The van der Waals surface area contributed by atoms with Gasteiger partial charge in [-0.25, -0.2) is 4.98 Å². The highest BCUT2D eigenvalue weighted by atomic mass is 16.2. The molecule has 0 spiro atoms. The number of aromatic nitrogens is 4. The molecule has 4 aromatic rings. The molecular weight excluding hydrogens is 572 g/mol. The molecule has 0 aliphatic heterocycles. The minimum atomic E-state index is -0.784. The maximum Gasteiger partial charge on any atom is 0.270 e. The number of amides is 4. The van der Waals surface area contributed by atoms with E-state index in [2.05, 4.69) is 31.3 Å². The third kappa shape index (κ3) is 8.14. The molecule has 0 unspecified atom stereocenters. The highest BCUT2D eigenvalue weighted by molar-refractivity contribution is 6.00. The average molecular weight is 613 g/mol. The predicted octanol–water partition coefficient (Wildman–Crippen LogP) is 3.14. The molecule has 0 bridgehead atoms. The highest BCUT2D eigenvalue weighted by Gasteiger charge is 2.32. The van der Waals surface area contributed by atoms with Gasteiger partial charge < -0.3 is 25.7 Å². The number of nitrogens with zero attached hydrogens (tertiary/aromatic N) is 4. The van der Waals surface area contributed by atoms with Gasteiger partial charge in [0.2, 0.25) is 17.7 Å². The van der Waals surface area contributed by atoms with E-state index in [1.165, 1.54) is 4.68 Å². The topological polar surface area (TPSA) is 152 Å². The lowest BCUT2D eigenvalue weighted by Gasteiger charge is -2.30. The van der Waals surface area contributed by atoms with Crippen LogP contribution in [0.15, 0.2) is 67.1 Å². The zero-order valence-electron chi connectivity index (χ0n) is 25.7. The summed E-state index contributed by atoms with van der Waals surface area (Å²) in [6.07, 6.45) is 10.7. The van der Waals surface area contributed by atoms with Gasteiger partial charge in [0.25, 0.3) is 5.91 Å². The van der Waals surface area contributed by atoms with E-state index in [0.29, 0.717) is 17.1 Å². The minimum Gasteiger partial charge on any atom is -0.349 e. The first kappa shape index (κ1) is 31.4. The lowest BCUT2D eigenvalue weighted by Crippen LogP contribution is -2.49. The van der Waals surface area contributed by atoms with Gasteiger partial charge in [0.1, 0.15) is 23.4 Å². The van der Waals surface area contributed by atoms with E-state index in [1.807, 2.05) is 47.1 Å². The Morgan fingerprint density at radius 2 is 1.73 bits per heavy atom. The van der Waals surface area contributed by atoms with Crippen LogP contribution in [-0.4, -0.2) is 54.9 Å². The largest absolute Gasteiger partial charge is 0.349 e. The normalized spacial score (nSPS) is 14.8. The Hall–Kier alpha value is -5.00. The molecule has 1 saturated carbocycles. The number of carbonyl (C=O) groups excluding carboxylic acids is 4. The van der Waals surface area contributed by atoms with Gasteiger partial charge >= 0.3 is 0 Å². The molecule has 4 amide bonds. The third-order valence-corrected chi connectivity index (χ3v) is 8.24. The summed E-state index contributed by atoms with van der Waals surface area (Å²) in [5, 5.41) is 15.7. The maximum atomic E-state index is 13.5. The van der Waals surface area contributed by atoms with E-state index >= 15 is 0 Å². The Bertz CT molecular complexity index is 1600. The summed E-state index contributed by atoms with van der Waals surface area (Å²) in [5.74, 6) is -1.11. The molecule has 3 heterocycles. The van der Waals surface area contributed by atoms with Crippen LogP contribution in [-0.2, 0) is 34.4 Å². The Morgan fingerprint density at radius 3 is 2.42 bits per heavy atom. The fraction of sp³-hybridized carbons (Fsp3) is 0.394. The molecule has 236 valence electrons. The molecule has 12 nitrogen and oxygen atoms in total. The molecule has 0 saturated heterocycles. The number of carbonyl (C=O) groups is 4. The molecule has 3 aromatic heterocycles. The first-order chi connectivity index (χ1) is 21.8. The maximum absolute atomic E-state index is 13.5. The minimum absolute atomic E-state index is 0.0391. The van der Waals surface area contributed by atoms with E-state index in [1.54, 1.807) is 38.4 Å². The van der Waals surface area contributed by atoms with Crippen LogP contribution in [0.2, 0.25) is 0 Å². The van der Waals surface area contributed by atoms with Crippen molar-refractivity contribution in [3.05, 3.63) is 84.1 Å². The number of aryl methyl sites for hydroxylation is 1.